The zero-order valence-corrected chi connectivity index (χ0v) is 15.6. The van der Waals surface area contributed by atoms with E-state index >= 15 is 0 Å². The van der Waals surface area contributed by atoms with Crippen LogP contribution < -0.4 is 0 Å². The van der Waals surface area contributed by atoms with Gasteiger partial charge in [-0.1, -0.05) is 23.9 Å². The maximum absolute atomic E-state index is 12.4. The summed E-state index contributed by atoms with van der Waals surface area (Å²) in [5.74, 6) is 1.75. The second kappa shape index (κ2) is 7.17. The lowest BCUT2D eigenvalue weighted by atomic mass is 9.97. The number of piperidine rings is 1. The van der Waals surface area contributed by atoms with Crippen LogP contribution in [0.4, 0.5) is 0 Å². The summed E-state index contributed by atoms with van der Waals surface area (Å²) in [6, 6.07) is 7.85. The first-order valence-corrected chi connectivity index (χ1v) is 10.2. The second-order valence-corrected chi connectivity index (χ2v) is 8.30. The van der Waals surface area contributed by atoms with Gasteiger partial charge < -0.3 is 9.32 Å². The number of likely N-dealkylation sites (tertiary alicyclic amines) is 1. The minimum Gasteiger partial charge on any atom is -0.440 e. The average molecular weight is 374 g/mol. The number of carbonyl (C=O) groups excluding carboxylic acids is 1. The van der Waals surface area contributed by atoms with Crippen LogP contribution in [0.2, 0.25) is 0 Å². The number of hydrogen-bond acceptors (Lipinski definition) is 6. The second-order valence-electron chi connectivity index (χ2n) is 6.22. The normalized spacial score (nSPS) is 15.8. The molecule has 0 unspecified atom stereocenters. The zero-order chi connectivity index (χ0) is 17.2. The van der Waals surface area contributed by atoms with Crippen molar-refractivity contribution in [3.63, 3.8) is 0 Å². The molecule has 0 radical (unpaired) electrons. The van der Waals surface area contributed by atoms with Gasteiger partial charge in [0.15, 0.2) is 15.8 Å². The average Bonchev–Trinajstić information content (AvgIpc) is 3.25. The van der Waals surface area contributed by atoms with Crippen molar-refractivity contribution >= 4 is 40.1 Å². The van der Waals surface area contributed by atoms with E-state index in [1.54, 1.807) is 11.3 Å². The third-order valence-electron chi connectivity index (χ3n) is 4.42. The molecule has 0 bridgehead atoms. The number of carbonyl (C=O) groups is 1. The fourth-order valence-electron chi connectivity index (χ4n) is 3.05. The number of nitrogens with zero attached hydrogens (tertiary/aromatic N) is 3. The van der Waals surface area contributed by atoms with Crippen LogP contribution >= 0.6 is 23.1 Å². The van der Waals surface area contributed by atoms with Crippen molar-refractivity contribution < 1.29 is 9.21 Å². The molecule has 0 N–H and O–H groups in total. The molecule has 3 aromatic rings. The Labute approximate surface area is 154 Å². The van der Waals surface area contributed by atoms with Crippen molar-refractivity contribution in [3.05, 3.63) is 41.2 Å². The van der Waals surface area contributed by atoms with Gasteiger partial charge in [-0.3, -0.25) is 4.79 Å². The van der Waals surface area contributed by atoms with Crippen molar-refractivity contribution in [1.29, 1.82) is 0 Å². The van der Waals surface area contributed by atoms with E-state index in [1.165, 1.54) is 11.8 Å². The van der Waals surface area contributed by atoms with Gasteiger partial charge in [0.25, 0.3) is 0 Å². The third kappa shape index (κ3) is 3.72. The molecule has 4 rings (SSSR count). The topological polar surface area (TPSA) is 59.2 Å². The fourth-order valence-corrected chi connectivity index (χ4v) is 4.81. The molecule has 0 saturated carbocycles. The molecule has 130 valence electrons. The van der Waals surface area contributed by atoms with Gasteiger partial charge in [0.2, 0.25) is 5.91 Å². The number of hydrogen-bond donors (Lipinski definition) is 0. The van der Waals surface area contributed by atoms with Crippen LogP contribution in [0.15, 0.2) is 38.4 Å². The third-order valence-corrected chi connectivity index (χ3v) is 6.55. The maximum Gasteiger partial charge on any atom is 0.233 e. The zero-order valence-electron chi connectivity index (χ0n) is 14.0. The number of thiazole rings is 1. The van der Waals surface area contributed by atoms with Crippen LogP contribution in [0.5, 0.6) is 0 Å². The van der Waals surface area contributed by atoms with Gasteiger partial charge in [-0.2, -0.15) is 0 Å². The summed E-state index contributed by atoms with van der Waals surface area (Å²) in [5, 5.41) is 2.01. The summed E-state index contributed by atoms with van der Waals surface area (Å²) >= 11 is 3.13. The molecule has 5 nitrogen and oxygen atoms in total. The van der Waals surface area contributed by atoms with Crippen molar-refractivity contribution in [1.82, 2.24) is 14.9 Å². The molecule has 1 fully saturated rings. The van der Waals surface area contributed by atoms with Crippen LogP contribution in [-0.2, 0) is 4.79 Å². The Morgan fingerprint density at radius 2 is 2.12 bits per heavy atom. The molecule has 1 aliphatic heterocycles. The van der Waals surface area contributed by atoms with E-state index in [1.807, 2.05) is 41.5 Å². The first-order valence-electron chi connectivity index (χ1n) is 8.37. The first kappa shape index (κ1) is 16.6. The largest absolute Gasteiger partial charge is 0.440 e. The van der Waals surface area contributed by atoms with Gasteiger partial charge in [-0.25, -0.2) is 9.97 Å². The number of para-hydroxylation sites is 2. The Morgan fingerprint density at radius 3 is 2.84 bits per heavy atom. The molecule has 0 spiro atoms. The van der Waals surface area contributed by atoms with Gasteiger partial charge in [-0.05, 0) is 31.9 Å². The highest BCUT2D eigenvalue weighted by molar-refractivity contribution is 8.01. The van der Waals surface area contributed by atoms with Crippen molar-refractivity contribution in [2.75, 3.05) is 18.8 Å². The van der Waals surface area contributed by atoms with E-state index in [-0.39, 0.29) is 5.91 Å². The highest BCUT2D eigenvalue weighted by Crippen LogP contribution is 2.30. The van der Waals surface area contributed by atoms with E-state index < -0.39 is 0 Å². The van der Waals surface area contributed by atoms with Gasteiger partial charge in [0.05, 0.1) is 5.75 Å². The highest BCUT2D eigenvalue weighted by Gasteiger charge is 2.27. The SMILES string of the molecule is Cc1csc(SCC(=O)N2CCC(c3nc4ccccc4o3)CC2)n1. The summed E-state index contributed by atoms with van der Waals surface area (Å²) in [7, 11) is 0. The molecular formula is C18H19N3O2S2. The van der Waals surface area contributed by atoms with E-state index in [4.69, 9.17) is 4.42 Å². The maximum atomic E-state index is 12.4. The molecular weight excluding hydrogens is 354 g/mol. The Hall–Kier alpha value is -1.86. The van der Waals surface area contributed by atoms with Gasteiger partial charge in [0.1, 0.15) is 5.52 Å². The predicted octanol–water partition coefficient (Wildman–Crippen LogP) is 4.09. The Morgan fingerprint density at radius 1 is 1.32 bits per heavy atom. The van der Waals surface area contributed by atoms with Crippen molar-refractivity contribution in [2.45, 2.75) is 30.0 Å². The number of thioether (sulfide) groups is 1. The lowest BCUT2D eigenvalue weighted by Crippen LogP contribution is -2.39. The Balaban J connectivity index is 1.32. The molecule has 1 amide bonds. The number of fused-ring (bicyclic) bond motifs is 1. The van der Waals surface area contributed by atoms with Crippen LogP contribution in [0, 0.1) is 6.92 Å². The van der Waals surface area contributed by atoms with Gasteiger partial charge >= 0.3 is 0 Å². The van der Waals surface area contributed by atoms with Gasteiger partial charge in [-0.15, -0.1) is 11.3 Å². The van der Waals surface area contributed by atoms with Crippen molar-refractivity contribution in [3.8, 4) is 0 Å². The number of aromatic nitrogens is 2. The van der Waals surface area contributed by atoms with Crippen LogP contribution in [0.3, 0.4) is 0 Å². The molecule has 0 atom stereocenters. The molecule has 1 aliphatic rings. The molecule has 3 heterocycles. The number of rotatable bonds is 4. The van der Waals surface area contributed by atoms with Crippen molar-refractivity contribution in [2.24, 2.45) is 0 Å². The Bertz CT molecular complexity index is 848. The van der Waals surface area contributed by atoms with E-state index in [0.29, 0.717) is 11.7 Å². The highest BCUT2D eigenvalue weighted by atomic mass is 32.2. The van der Waals surface area contributed by atoms with E-state index in [0.717, 1.165) is 53.0 Å². The quantitative estimate of drug-likeness (QED) is 0.645. The summed E-state index contributed by atoms with van der Waals surface area (Å²) in [4.78, 5) is 23.3. The van der Waals surface area contributed by atoms with E-state index in [2.05, 4.69) is 9.97 Å². The molecule has 25 heavy (non-hydrogen) atoms. The molecule has 0 aliphatic carbocycles. The minimum absolute atomic E-state index is 0.189. The molecule has 1 aromatic carbocycles. The number of benzene rings is 1. The number of aryl methyl sites for hydroxylation is 1. The van der Waals surface area contributed by atoms with Crippen LogP contribution in [0.25, 0.3) is 11.1 Å². The predicted molar refractivity (Wildman–Crippen MR) is 100 cm³/mol. The summed E-state index contributed by atoms with van der Waals surface area (Å²) in [6.45, 7) is 3.50. The summed E-state index contributed by atoms with van der Waals surface area (Å²) < 4.78 is 6.85. The molecule has 1 saturated heterocycles. The Kier molecular flexibility index (Phi) is 4.76. The first-order chi connectivity index (χ1) is 12.2. The number of oxazole rings is 1. The standard InChI is InChI=1S/C18H19N3O2S2/c1-12-10-24-18(19-12)25-11-16(22)21-8-6-13(7-9-21)17-20-14-4-2-3-5-15(14)23-17/h2-5,10,13H,6-9,11H2,1H3. The van der Waals surface area contributed by atoms with Crippen LogP contribution in [-0.4, -0.2) is 39.6 Å². The molecule has 7 heteroatoms. The lowest BCUT2D eigenvalue weighted by Gasteiger charge is -2.30. The summed E-state index contributed by atoms with van der Waals surface area (Å²) in [6.07, 6.45) is 1.80. The van der Waals surface area contributed by atoms with Gasteiger partial charge in [0, 0.05) is 30.1 Å². The lowest BCUT2D eigenvalue weighted by molar-refractivity contribution is -0.129. The van der Waals surface area contributed by atoms with Crippen LogP contribution in [0.1, 0.15) is 30.3 Å². The molecule has 2 aromatic heterocycles. The smallest absolute Gasteiger partial charge is 0.233 e. The van der Waals surface area contributed by atoms with E-state index in [9.17, 15) is 4.79 Å². The minimum atomic E-state index is 0.189. The number of amides is 1. The summed E-state index contributed by atoms with van der Waals surface area (Å²) in [5.41, 5.74) is 2.76. The monoisotopic (exact) mass is 373 g/mol. The fraction of sp³-hybridized carbons (Fsp3) is 0.389.